The Morgan fingerprint density at radius 2 is 1.81 bits per heavy atom. The lowest BCUT2D eigenvalue weighted by Gasteiger charge is -2.19. The third-order valence-corrected chi connectivity index (χ3v) is 4.71. The number of para-hydroxylation sites is 1. The molecule has 1 aliphatic heterocycles. The first-order valence-electron chi connectivity index (χ1n) is 8.88. The molecule has 0 spiro atoms. The molecule has 0 saturated heterocycles. The molecule has 1 N–H and O–H groups in total. The molecular weight excluding hydrogens is 328 g/mol. The van der Waals surface area contributed by atoms with E-state index in [9.17, 15) is 4.79 Å². The smallest absolute Gasteiger partial charge is 0.252 e. The molecule has 1 aromatic heterocycles. The van der Waals surface area contributed by atoms with Gasteiger partial charge >= 0.3 is 0 Å². The topological polar surface area (TPSA) is 60.5 Å². The Morgan fingerprint density at radius 1 is 1.00 bits per heavy atom. The first-order valence-corrected chi connectivity index (χ1v) is 8.88. The van der Waals surface area contributed by atoms with Crippen LogP contribution in [0.5, 0.6) is 11.5 Å². The zero-order chi connectivity index (χ0) is 17.5. The van der Waals surface area contributed by atoms with E-state index >= 15 is 0 Å². The van der Waals surface area contributed by atoms with Gasteiger partial charge in [-0.2, -0.15) is 0 Å². The van der Waals surface area contributed by atoms with Gasteiger partial charge in [0.1, 0.15) is 13.2 Å². The molecule has 2 aromatic carbocycles. The van der Waals surface area contributed by atoms with E-state index in [1.165, 1.54) is 0 Å². The van der Waals surface area contributed by atoms with Crippen molar-refractivity contribution in [1.29, 1.82) is 0 Å². The lowest BCUT2D eigenvalue weighted by Crippen LogP contribution is -2.25. The fourth-order valence-electron chi connectivity index (χ4n) is 3.20. The van der Waals surface area contributed by atoms with Crippen LogP contribution in [0.1, 0.15) is 23.2 Å². The van der Waals surface area contributed by atoms with Gasteiger partial charge in [0.25, 0.3) is 5.91 Å². The Hall–Kier alpha value is -3.08. The van der Waals surface area contributed by atoms with Gasteiger partial charge in [0.05, 0.1) is 16.8 Å². The first-order chi connectivity index (χ1) is 12.8. The summed E-state index contributed by atoms with van der Waals surface area (Å²) in [5, 5.41) is 3.95. The number of nitrogens with zero attached hydrogens (tertiary/aromatic N) is 1. The van der Waals surface area contributed by atoms with E-state index in [2.05, 4.69) is 5.32 Å². The summed E-state index contributed by atoms with van der Waals surface area (Å²) in [4.78, 5) is 17.5. The highest BCUT2D eigenvalue weighted by molar-refractivity contribution is 6.07. The minimum absolute atomic E-state index is 0.0371. The number of carbonyl (C=O) groups excluding carboxylic acids is 1. The number of nitrogens with one attached hydrogen (secondary N) is 1. The molecule has 2 aliphatic rings. The van der Waals surface area contributed by atoms with Crippen LogP contribution in [-0.4, -0.2) is 30.1 Å². The number of carbonyl (C=O) groups is 1. The number of benzene rings is 2. The number of rotatable bonds is 3. The Balaban J connectivity index is 1.62. The Kier molecular flexibility index (Phi) is 3.52. The molecular formula is C21H18N2O3. The molecule has 1 aliphatic carbocycles. The fraction of sp³-hybridized carbons (Fsp3) is 0.238. The summed E-state index contributed by atoms with van der Waals surface area (Å²) in [7, 11) is 0. The van der Waals surface area contributed by atoms with Crippen molar-refractivity contribution in [2.24, 2.45) is 0 Å². The number of ether oxygens (including phenoxy) is 2. The summed E-state index contributed by atoms with van der Waals surface area (Å²) in [6.07, 6.45) is 2.12. The molecule has 0 atom stereocenters. The van der Waals surface area contributed by atoms with Crippen molar-refractivity contribution in [2.75, 3.05) is 13.2 Å². The maximum atomic E-state index is 12.7. The molecule has 0 radical (unpaired) electrons. The molecule has 26 heavy (non-hydrogen) atoms. The van der Waals surface area contributed by atoms with Gasteiger partial charge in [-0.3, -0.25) is 4.79 Å². The standard InChI is InChI=1S/C21H18N2O3/c24-21(22-14-6-7-14)16-12-18(23-17-4-2-1-3-15(16)17)13-5-8-19-20(11-13)26-10-9-25-19/h1-5,8,11-12,14H,6-7,9-10H2,(H,22,24). The summed E-state index contributed by atoms with van der Waals surface area (Å²) in [5.41, 5.74) is 3.12. The maximum absolute atomic E-state index is 12.7. The Labute approximate surface area is 151 Å². The van der Waals surface area contributed by atoms with Gasteiger partial charge in [-0.15, -0.1) is 0 Å². The van der Waals surface area contributed by atoms with Crippen LogP contribution in [0, 0.1) is 0 Å². The maximum Gasteiger partial charge on any atom is 0.252 e. The van der Waals surface area contributed by atoms with Crippen molar-refractivity contribution in [2.45, 2.75) is 18.9 Å². The van der Waals surface area contributed by atoms with E-state index in [4.69, 9.17) is 14.5 Å². The fourth-order valence-corrected chi connectivity index (χ4v) is 3.20. The monoisotopic (exact) mass is 346 g/mol. The van der Waals surface area contributed by atoms with Crippen LogP contribution in [0.4, 0.5) is 0 Å². The molecule has 3 aromatic rings. The van der Waals surface area contributed by atoms with Gasteiger partial charge < -0.3 is 14.8 Å². The predicted octanol–water partition coefficient (Wildman–Crippen LogP) is 3.57. The zero-order valence-corrected chi connectivity index (χ0v) is 14.2. The minimum Gasteiger partial charge on any atom is -0.486 e. The van der Waals surface area contributed by atoms with Gasteiger partial charge in [0.15, 0.2) is 11.5 Å². The second kappa shape index (κ2) is 6.02. The molecule has 5 heteroatoms. The molecule has 0 unspecified atom stereocenters. The summed E-state index contributed by atoms with van der Waals surface area (Å²) in [5.74, 6) is 1.42. The van der Waals surface area contributed by atoms with E-state index in [-0.39, 0.29) is 5.91 Å². The van der Waals surface area contributed by atoms with E-state index in [1.54, 1.807) is 0 Å². The molecule has 5 nitrogen and oxygen atoms in total. The normalized spacial score (nSPS) is 15.7. The van der Waals surface area contributed by atoms with E-state index in [0.717, 1.165) is 40.8 Å². The average Bonchev–Trinajstić information content (AvgIpc) is 3.50. The highest BCUT2D eigenvalue weighted by Gasteiger charge is 2.25. The summed E-state index contributed by atoms with van der Waals surface area (Å²) < 4.78 is 11.3. The summed E-state index contributed by atoms with van der Waals surface area (Å²) in [6, 6.07) is 15.7. The van der Waals surface area contributed by atoms with Gasteiger partial charge in [-0.1, -0.05) is 18.2 Å². The highest BCUT2D eigenvalue weighted by atomic mass is 16.6. The molecule has 1 fully saturated rings. The van der Waals surface area contributed by atoms with Crippen molar-refractivity contribution in [3.63, 3.8) is 0 Å². The van der Waals surface area contributed by atoms with Crippen molar-refractivity contribution in [1.82, 2.24) is 10.3 Å². The van der Waals surface area contributed by atoms with Crippen LogP contribution in [0.3, 0.4) is 0 Å². The van der Waals surface area contributed by atoms with E-state index in [1.807, 2.05) is 48.5 Å². The number of hydrogen-bond acceptors (Lipinski definition) is 4. The first kappa shape index (κ1) is 15.2. The number of pyridine rings is 1. The van der Waals surface area contributed by atoms with Crippen molar-refractivity contribution in [3.8, 4) is 22.8 Å². The quantitative estimate of drug-likeness (QED) is 0.788. The third kappa shape index (κ3) is 2.75. The molecule has 0 bridgehead atoms. The van der Waals surface area contributed by atoms with Crippen molar-refractivity contribution < 1.29 is 14.3 Å². The average molecular weight is 346 g/mol. The van der Waals surface area contributed by atoms with Gasteiger partial charge in [0.2, 0.25) is 0 Å². The van der Waals surface area contributed by atoms with Crippen LogP contribution in [0.25, 0.3) is 22.2 Å². The van der Waals surface area contributed by atoms with Crippen LogP contribution < -0.4 is 14.8 Å². The van der Waals surface area contributed by atoms with E-state index in [0.29, 0.717) is 30.6 Å². The molecule has 1 saturated carbocycles. The molecule has 5 rings (SSSR count). The van der Waals surface area contributed by atoms with Crippen molar-refractivity contribution in [3.05, 3.63) is 54.1 Å². The van der Waals surface area contributed by atoms with Crippen LogP contribution >= 0.6 is 0 Å². The number of hydrogen-bond donors (Lipinski definition) is 1. The highest BCUT2D eigenvalue weighted by Crippen LogP contribution is 2.35. The van der Waals surface area contributed by atoms with Crippen LogP contribution in [0.2, 0.25) is 0 Å². The lowest BCUT2D eigenvalue weighted by molar-refractivity contribution is 0.0952. The molecule has 130 valence electrons. The van der Waals surface area contributed by atoms with Crippen molar-refractivity contribution >= 4 is 16.8 Å². The Morgan fingerprint density at radius 3 is 2.65 bits per heavy atom. The van der Waals surface area contributed by atoms with Crippen LogP contribution in [0.15, 0.2) is 48.5 Å². The van der Waals surface area contributed by atoms with Gasteiger partial charge in [0, 0.05) is 17.0 Å². The van der Waals surface area contributed by atoms with Gasteiger partial charge in [-0.05, 0) is 43.2 Å². The number of fused-ring (bicyclic) bond motifs is 2. The zero-order valence-electron chi connectivity index (χ0n) is 14.2. The third-order valence-electron chi connectivity index (χ3n) is 4.71. The van der Waals surface area contributed by atoms with Gasteiger partial charge in [-0.25, -0.2) is 4.98 Å². The number of aromatic nitrogens is 1. The predicted molar refractivity (Wildman–Crippen MR) is 98.7 cm³/mol. The van der Waals surface area contributed by atoms with Crippen LogP contribution in [-0.2, 0) is 0 Å². The second-order valence-corrected chi connectivity index (χ2v) is 6.68. The molecule has 2 heterocycles. The SMILES string of the molecule is O=C(NC1CC1)c1cc(-c2ccc3c(c2)OCCO3)nc2ccccc12. The Bertz CT molecular complexity index is 1010. The second-order valence-electron chi connectivity index (χ2n) is 6.68. The largest absolute Gasteiger partial charge is 0.486 e. The number of amides is 1. The van der Waals surface area contributed by atoms with E-state index < -0.39 is 0 Å². The molecule has 1 amide bonds. The lowest BCUT2D eigenvalue weighted by atomic mass is 10.0. The summed E-state index contributed by atoms with van der Waals surface area (Å²) in [6.45, 7) is 1.10. The minimum atomic E-state index is -0.0371. The summed E-state index contributed by atoms with van der Waals surface area (Å²) >= 11 is 0.